The number of carbonyl (C=O) groups is 1. The van der Waals surface area contributed by atoms with E-state index in [2.05, 4.69) is 0 Å². The predicted octanol–water partition coefficient (Wildman–Crippen LogP) is 4.40. The smallest absolute Gasteiger partial charge is 0.335 e. The summed E-state index contributed by atoms with van der Waals surface area (Å²) in [5.74, 6) is -1.75. The van der Waals surface area contributed by atoms with E-state index in [4.69, 9.17) is 11.6 Å². The molecule has 1 heterocycles. The summed E-state index contributed by atoms with van der Waals surface area (Å²) in [6.07, 6.45) is 0. The SMILES string of the molecule is CN(C)c1ccc(-n2c(=O)n(Cc3cccc(C(=O)O)c3)c3ccc(Cl)c(F)c32)cc1. The fraction of sp³-hybridized carbons (Fsp3) is 0.130. The molecule has 0 unspecified atom stereocenters. The minimum Gasteiger partial charge on any atom is -0.478 e. The molecule has 4 rings (SSSR count). The van der Waals surface area contributed by atoms with Crippen LogP contribution in [-0.4, -0.2) is 34.3 Å². The second-order valence-corrected chi connectivity index (χ2v) is 7.76. The molecule has 0 saturated heterocycles. The average Bonchev–Trinajstić information content (AvgIpc) is 3.03. The highest BCUT2D eigenvalue weighted by molar-refractivity contribution is 6.31. The highest BCUT2D eigenvalue weighted by Gasteiger charge is 2.20. The Morgan fingerprint density at radius 3 is 2.45 bits per heavy atom. The molecular formula is C23H19ClFN3O3. The van der Waals surface area contributed by atoms with Crippen LogP contribution >= 0.6 is 11.6 Å². The van der Waals surface area contributed by atoms with Gasteiger partial charge in [0.2, 0.25) is 0 Å². The van der Waals surface area contributed by atoms with E-state index in [9.17, 15) is 14.7 Å². The molecule has 4 aromatic rings. The predicted molar refractivity (Wildman–Crippen MR) is 119 cm³/mol. The molecule has 0 aliphatic rings. The van der Waals surface area contributed by atoms with E-state index in [-0.39, 0.29) is 22.6 Å². The Bertz CT molecular complexity index is 1360. The minimum atomic E-state index is -1.06. The Kier molecular flexibility index (Phi) is 5.29. The summed E-state index contributed by atoms with van der Waals surface area (Å²) in [5.41, 5.74) is 2.15. The first-order valence-electron chi connectivity index (χ1n) is 9.47. The largest absolute Gasteiger partial charge is 0.478 e. The zero-order chi connectivity index (χ0) is 22.3. The molecule has 0 radical (unpaired) electrons. The maximum atomic E-state index is 15.1. The number of hydrogen-bond acceptors (Lipinski definition) is 3. The lowest BCUT2D eigenvalue weighted by Crippen LogP contribution is -2.24. The first kappa shape index (κ1) is 20.7. The van der Waals surface area contributed by atoms with Crippen LogP contribution in [0.3, 0.4) is 0 Å². The normalized spacial score (nSPS) is 11.1. The van der Waals surface area contributed by atoms with Crippen LogP contribution in [0.1, 0.15) is 15.9 Å². The van der Waals surface area contributed by atoms with Gasteiger partial charge in [-0.3, -0.25) is 9.13 Å². The van der Waals surface area contributed by atoms with Gasteiger partial charge in [0.1, 0.15) is 5.52 Å². The molecule has 1 aromatic heterocycles. The summed E-state index contributed by atoms with van der Waals surface area (Å²) in [7, 11) is 3.80. The van der Waals surface area contributed by atoms with Crippen LogP contribution < -0.4 is 10.6 Å². The number of fused-ring (bicyclic) bond motifs is 1. The third-order valence-electron chi connectivity index (χ3n) is 5.12. The lowest BCUT2D eigenvalue weighted by Gasteiger charge is -2.13. The van der Waals surface area contributed by atoms with Crippen molar-refractivity contribution in [3.8, 4) is 5.69 Å². The molecule has 0 aliphatic heterocycles. The summed E-state index contributed by atoms with van der Waals surface area (Å²) in [4.78, 5) is 26.6. The van der Waals surface area contributed by atoms with Crippen molar-refractivity contribution in [2.45, 2.75) is 6.54 Å². The van der Waals surface area contributed by atoms with E-state index in [1.807, 2.05) is 31.1 Å². The molecular weight excluding hydrogens is 421 g/mol. The van der Waals surface area contributed by atoms with Crippen molar-refractivity contribution >= 4 is 34.3 Å². The highest BCUT2D eigenvalue weighted by atomic mass is 35.5. The maximum Gasteiger partial charge on any atom is 0.335 e. The topological polar surface area (TPSA) is 67.5 Å². The van der Waals surface area contributed by atoms with Gasteiger partial charge >= 0.3 is 11.7 Å². The lowest BCUT2D eigenvalue weighted by molar-refractivity contribution is 0.0696. The second kappa shape index (κ2) is 7.92. The van der Waals surface area contributed by atoms with E-state index >= 15 is 4.39 Å². The number of imidazole rings is 1. The fourth-order valence-corrected chi connectivity index (χ4v) is 3.71. The zero-order valence-corrected chi connectivity index (χ0v) is 17.6. The molecule has 0 spiro atoms. The van der Waals surface area contributed by atoms with Crippen LogP contribution in [0.25, 0.3) is 16.7 Å². The van der Waals surface area contributed by atoms with Crippen LogP contribution in [-0.2, 0) is 6.54 Å². The number of anilines is 1. The van der Waals surface area contributed by atoms with Gasteiger partial charge in [0.15, 0.2) is 5.82 Å². The number of nitrogens with zero attached hydrogens (tertiary/aromatic N) is 3. The summed E-state index contributed by atoms with van der Waals surface area (Å²) in [6.45, 7) is 0.0836. The van der Waals surface area contributed by atoms with Crippen LogP contribution in [0, 0.1) is 5.82 Å². The maximum absolute atomic E-state index is 15.1. The van der Waals surface area contributed by atoms with Crippen LogP contribution in [0.5, 0.6) is 0 Å². The number of carboxylic acids is 1. The molecule has 1 N–H and O–H groups in total. The van der Waals surface area contributed by atoms with Crippen molar-refractivity contribution in [2.24, 2.45) is 0 Å². The summed E-state index contributed by atoms with van der Waals surface area (Å²) < 4.78 is 17.8. The molecule has 0 bridgehead atoms. The Morgan fingerprint density at radius 1 is 1.10 bits per heavy atom. The third-order valence-corrected chi connectivity index (χ3v) is 5.42. The molecule has 31 heavy (non-hydrogen) atoms. The van der Waals surface area contributed by atoms with Crippen LogP contribution in [0.2, 0.25) is 5.02 Å². The van der Waals surface area contributed by atoms with Crippen LogP contribution in [0.4, 0.5) is 10.1 Å². The number of aromatic nitrogens is 2. The molecule has 0 saturated carbocycles. The molecule has 0 amide bonds. The van der Waals surface area contributed by atoms with Crippen molar-refractivity contribution in [1.29, 1.82) is 0 Å². The van der Waals surface area contributed by atoms with Crippen molar-refractivity contribution in [3.63, 3.8) is 0 Å². The molecule has 3 aromatic carbocycles. The Labute approximate surface area is 182 Å². The number of benzene rings is 3. The first-order chi connectivity index (χ1) is 14.8. The second-order valence-electron chi connectivity index (χ2n) is 7.35. The number of carboxylic acid groups (broad SMARTS) is 1. The standard InChI is InChI=1S/C23H19ClFN3O3/c1-26(2)16-6-8-17(9-7-16)28-21-19(11-10-18(24)20(21)25)27(23(28)31)13-14-4-3-5-15(12-14)22(29)30/h3-12H,13H2,1-2H3,(H,29,30). The summed E-state index contributed by atoms with van der Waals surface area (Å²) in [6, 6.07) is 16.5. The monoisotopic (exact) mass is 439 g/mol. The highest BCUT2D eigenvalue weighted by Crippen LogP contribution is 2.27. The minimum absolute atomic E-state index is 0.0736. The van der Waals surface area contributed by atoms with E-state index in [1.165, 1.54) is 27.3 Å². The van der Waals surface area contributed by atoms with E-state index in [1.54, 1.807) is 30.3 Å². The molecule has 6 nitrogen and oxygen atoms in total. The average molecular weight is 440 g/mol. The van der Waals surface area contributed by atoms with Crippen LogP contribution in [0.15, 0.2) is 65.5 Å². The lowest BCUT2D eigenvalue weighted by atomic mass is 10.1. The van der Waals surface area contributed by atoms with Gasteiger partial charge in [-0.15, -0.1) is 0 Å². The van der Waals surface area contributed by atoms with Gasteiger partial charge in [0, 0.05) is 19.8 Å². The molecule has 8 heteroatoms. The summed E-state index contributed by atoms with van der Waals surface area (Å²) >= 11 is 6.02. The summed E-state index contributed by atoms with van der Waals surface area (Å²) in [5, 5.41) is 9.16. The van der Waals surface area contributed by atoms with Gasteiger partial charge in [-0.1, -0.05) is 23.7 Å². The van der Waals surface area contributed by atoms with Gasteiger partial charge in [-0.2, -0.15) is 0 Å². The van der Waals surface area contributed by atoms with Gasteiger partial charge in [-0.05, 0) is 54.1 Å². The number of rotatable bonds is 5. The Morgan fingerprint density at radius 2 is 1.81 bits per heavy atom. The van der Waals surface area contributed by atoms with Gasteiger partial charge < -0.3 is 10.0 Å². The van der Waals surface area contributed by atoms with E-state index in [0.29, 0.717) is 16.8 Å². The van der Waals surface area contributed by atoms with Crippen molar-refractivity contribution < 1.29 is 14.3 Å². The van der Waals surface area contributed by atoms with Crippen molar-refractivity contribution in [3.05, 3.63) is 93.1 Å². The van der Waals surface area contributed by atoms with Crippen molar-refractivity contribution in [2.75, 3.05) is 19.0 Å². The Balaban J connectivity index is 1.93. The molecule has 0 fully saturated rings. The molecule has 0 aliphatic carbocycles. The van der Waals surface area contributed by atoms with Gasteiger partial charge in [0.25, 0.3) is 0 Å². The Hall–Kier alpha value is -3.58. The third kappa shape index (κ3) is 3.68. The first-order valence-corrected chi connectivity index (χ1v) is 9.85. The quantitative estimate of drug-likeness (QED) is 0.500. The van der Waals surface area contributed by atoms with Gasteiger partial charge in [-0.25, -0.2) is 14.0 Å². The zero-order valence-electron chi connectivity index (χ0n) is 16.8. The number of hydrogen-bond donors (Lipinski definition) is 1. The molecule has 0 atom stereocenters. The fourth-order valence-electron chi connectivity index (χ4n) is 3.56. The molecule has 158 valence electrons. The van der Waals surface area contributed by atoms with Crippen molar-refractivity contribution in [1.82, 2.24) is 9.13 Å². The number of halogens is 2. The van der Waals surface area contributed by atoms with E-state index in [0.717, 1.165) is 5.69 Å². The number of aromatic carboxylic acids is 1. The van der Waals surface area contributed by atoms with Gasteiger partial charge in [0.05, 0.1) is 28.3 Å². The van der Waals surface area contributed by atoms with E-state index < -0.39 is 17.5 Å².